The molecule has 0 aliphatic carbocycles. The SMILES string of the molecule is CCN(Cc1ccc2c(c1)OCO2)C(=O)c1cc2ccccc2oc1=O. The van der Waals surface area contributed by atoms with Crippen molar-refractivity contribution in [2.24, 2.45) is 0 Å². The van der Waals surface area contributed by atoms with Crippen molar-refractivity contribution >= 4 is 16.9 Å². The summed E-state index contributed by atoms with van der Waals surface area (Å²) in [6.07, 6.45) is 0. The van der Waals surface area contributed by atoms with Crippen LogP contribution < -0.4 is 15.1 Å². The van der Waals surface area contributed by atoms with Crippen LogP contribution in [0.5, 0.6) is 11.5 Å². The van der Waals surface area contributed by atoms with Gasteiger partial charge in [-0.05, 0) is 36.8 Å². The summed E-state index contributed by atoms with van der Waals surface area (Å²) in [6.45, 7) is 2.89. The van der Waals surface area contributed by atoms with E-state index in [-0.39, 0.29) is 18.3 Å². The van der Waals surface area contributed by atoms with Crippen LogP contribution in [0.4, 0.5) is 0 Å². The third-order valence-corrected chi connectivity index (χ3v) is 4.35. The minimum Gasteiger partial charge on any atom is -0.454 e. The van der Waals surface area contributed by atoms with E-state index in [4.69, 9.17) is 13.9 Å². The van der Waals surface area contributed by atoms with E-state index in [1.54, 1.807) is 23.1 Å². The van der Waals surface area contributed by atoms with Gasteiger partial charge in [-0.2, -0.15) is 0 Å². The topological polar surface area (TPSA) is 69.0 Å². The Morgan fingerprint density at radius 2 is 1.88 bits per heavy atom. The van der Waals surface area contributed by atoms with Gasteiger partial charge in [0.25, 0.3) is 5.91 Å². The molecule has 0 bridgehead atoms. The van der Waals surface area contributed by atoms with Gasteiger partial charge in [0.2, 0.25) is 6.79 Å². The third kappa shape index (κ3) is 2.90. The first-order valence-electron chi connectivity index (χ1n) is 8.36. The van der Waals surface area contributed by atoms with E-state index in [0.717, 1.165) is 10.9 Å². The summed E-state index contributed by atoms with van der Waals surface area (Å²) < 4.78 is 16.0. The Morgan fingerprint density at radius 3 is 2.73 bits per heavy atom. The lowest BCUT2D eigenvalue weighted by molar-refractivity contribution is 0.0748. The van der Waals surface area contributed by atoms with Crippen LogP contribution in [0.15, 0.2) is 57.7 Å². The van der Waals surface area contributed by atoms with Gasteiger partial charge < -0.3 is 18.8 Å². The highest BCUT2D eigenvalue weighted by molar-refractivity contribution is 5.96. The minimum absolute atomic E-state index is 0.0336. The molecule has 6 nitrogen and oxygen atoms in total. The molecular formula is C20H17NO5. The Bertz CT molecular complexity index is 1040. The van der Waals surface area contributed by atoms with E-state index >= 15 is 0 Å². The maximum absolute atomic E-state index is 12.9. The van der Waals surface area contributed by atoms with Gasteiger partial charge in [-0.1, -0.05) is 24.3 Å². The highest BCUT2D eigenvalue weighted by Gasteiger charge is 2.21. The summed E-state index contributed by atoms with van der Waals surface area (Å²) in [4.78, 5) is 26.7. The Morgan fingerprint density at radius 1 is 1.08 bits per heavy atom. The van der Waals surface area contributed by atoms with E-state index in [1.165, 1.54) is 0 Å². The molecule has 0 fully saturated rings. The van der Waals surface area contributed by atoms with Gasteiger partial charge in [-0.3, -0.25) is 4.79 Å². The second kappa shape index (κ2) is 6.55. The largest absolute Gasteiger partial charge is 0.454 e. The quantitative estimate of drug-likeness (QED) is 0.675. The Balaban J connectivity index is 1.63. The number of carbonyl (C=O) groups excluding carboxylic acids is 1. The van der Waals surface area contributed by atoms with Crippen molar-refractivity contribution < 1.29 is 18.7 Å². The molecule has 0 N–H and O–H groups in total. The molecule has 6 heteroatoms. The fourth-order valence-electron chi connectivity index (χ4n) is 2.97. The van der Waals surface area contributed by atoms with E-state index in [9.17, 15) is 9.59 Å². The number of hydrogen-bond donors (Lipinski definition) is 0. The van der Waals surface area contributed by atoms with E-state index in [2.05, 4.69) is 0 Å². The van der Waals surface area contributed by atoms with Crippen LogP contribution in [0.1, 0.15) is 22.8 Å². The van der Waals surface area contributed by atoms with Crippen LogP contribution in [-0.4, -0.2) is 24.1 Å². The molecule has 132 valence electrons. The van der Waals surface area contributed by atoms with Crippen molar-refractivity contribution in [3.8, 4) is 11.5 Å². The van der Waals surface area contributed by atoms with Gasteiger partial charge in [0.05, 0.1) is 0 Å². The number of amides is 1. The first kappa shape index (κ1) is 16.2. The summed E-state index contributed by atoms with van der Waals surface area (Å²) in [5.41, 5.74) is 0.770. The molecule has 0 saturated carbocycles. The molecule has 0 atom stereocenters. The monoisotopic (exact) mass is 351 g/mol. The van der Waals surface area contributed by atoms with E-state index < -0.39 is 5.63 Å². The highest BCUT2D eigenvalue weighted by atomic mass is 16.7. The summed E-state index contributed by atoms with van der Waals surface area (Å²) in [5.74, 6) is 0.999. The Kier molecular flexibility index (Phi) is 4.08. The van der Waals surface area contributed by atoms with E-state index in [1.807, 2.05) is 37.3 Å². The van der Waals surface area contributed by atoms with Crippen molar-refractivity contribution in [3.63, 3.8) is 0 Å². The standard InChI is InChI=1S/C20H17NO5/c1-2-21(11-13-7-8-17-18(9-13)25-12-24-17)19(22)15-10-14-5-3-4-6-16(14)26-20(15)23/h3-10H,2,11-12H2,1H3. The molecule has 0 unspecified atom stereocenters. The van der Waals surface area contributed by atoms with Gasteiger partial charge in [0, 0.05) is 18.5 Å². The molecule has 0 spiro atoms. The number of carbonyl (C=O) groups is 1. The van der Waals surface area contributed by atoms with Crippen molar-refractivity contribution in [1.82, 2.24) is 4.90 Å². The zero-order chi connectivity index (χ0) is 18.1. The molecule has 4 rings (SSSR count). The Hall–Kier alpha value is -3.28. The molecule has 1 amide bonds. The molecule has 0 saturated heterocycles. The minimum atomic E-state index is -0.627. The zero-order valence-electron chi connectivity index (χ0n) is 14.2. The lowest BCUT2D eigenvalue weighted by Gasteiger charge is -2.20. The van der Waals surface area contributed by atoms with Crippen LogP contribution in [0.25, 0.3) is 11.0 Å². The Labute approximate surface area is 149 Å². The average molecular weight is 351 g/mol. The van der Waals surface area contributed by atoms with Gasteiger partial charge in [0.1, 0.15) is 11.1 Å². The first-order chi connectivity index (χ1) is 12.7. The molecule has 1 aromatic heterocycles. The molecule has 2 heterocycles. The van der Waals surface area contributed by atoms with Crippen molar-refractivity contribution in [3.05, 3.63) is 70.1 Å². The normalized spacial score (nSPS) is 12.3. The van der Waals surface area contributed by atoms with Gasteiger partial charge in [0.15, 0.2) is 11.5 Å². The highest BCUT2D eigenvalue weighted by Crippen LogP contribution is 2.32. The second-order valence-corrected chi connectivity index (χ2v) is 5.99. The number of hydrogen-bond acceptors (Lipinski definition) is 5. The molecule has 3 aromatic rings. The van der Waals surface area contributed by atoms with Crippen molar-refractivity contribution in [1.29, 1.82) is 0 Å². The van der Waals surface area contributed by atoms with Crippen LogP contribution in [0.3, 0.4) is 0 Å². The second-order valence-electron chi connectivity index (χ2n) is 5.99. The number of para-hydroxylation sites is 1. The smallest absolute Gasteiger partial charge is 0.349 e. The molecule has 1 aliphatic heterocycles. The lowest BCUT2D eigenvalue weighted by atomic mass is 10.1. The molecule has 2 aromatic carbocycles. The fraction of sp³-hybridized carbons (Fsp3) is 0.200. The number of ether oxygens (including phenoxy) is 2. The fourth-order valence-corrected chi connectivity index (χ4v) is 2.97. The number of benzene rings is 2. The van der Waals surface area contributed by atoms with Gasteiger partial charge in [-0.15, -0.1) is 0 Å². The lowest BCUT2D eigenvalue weighted by Crippen LogP contribution is -2.33. The number of nitrogens with zero attached hydrogens (tertiary/aromatic N) is 1. The van der Waals surface area contributed by atoms with Crippen LogP contribution >= 0.6 is 0 Å². The summed E-state index contributed by atoms with van der Waals surface area (Å²) in [7, 11) is 0. The number of rotatable bonds is 4. The van der Waals surface area contributed by atoms with E-state index in [0.29, 0.717) is 30.2 Å². The van der Waals surface area contributed by atoms with Crippen LogP contribution in [-0.2, 0) is 6.54 Å². The summed E-state index contributed by atoms with van der Waals surface area (Å²) in [5, 5.41) is 0.717. The molecular weight excluding hydrogens is 334 g/mol. The van der Waals surface area contributed by atoms with Crippen molar-refractivity contribution in [2.45, 2.75) is 13.5 Å². The van der Waals surface area contributed by atoms with Crippen LogP contribution in [0, 0.1) is 0 Å². The number of fused-ring (bicyclic) bond motifs is 2. The molecule has 0 radical (unpaired) electrons. The maximum atomic E-state index is 12.9. The first-order valence-corrected chi connectivity index (χ1v) is 8.36. The third-order valence-electron chi connectivity index (χ3n) is 4.35. The maximum Gasteiger partial charge on any atom is 0.349 e. The summed E-state index contributed by atoms with van der Waals surface area (Å²) >= 11 is 0. The van der Waals surface area contributed by atoms with Gasteiger partial charge >= 0.3 is 5.63 Å². The predicted octanol–water partition coefficient (Wildman–Crippen LogP) is 3.18. The van der Waals surface area contributed by atoms with Crippen LogP contribution in [0.2, 0.25) is 0 Å². The molecule has 1 aliphatic rings. The predicted molar refractivity (Wildman–Crippen MR) is 95.5 cm³/mol. The average Bonchev–Trinajstić information content (AvgIpc) is 3.12. The van der Waals surface area contributed by atoms with Crippen molar-refractivity contribution in [2.75, 3.05) is 13.3 Å². The zero-order valence-corrected chi connectivity index (χ0v) is 14.2. The molecule has 26 heavy (non-hydrogen) atoms. The van der Waals surface area contributed by atoms with Gasteiger partial charge in [-0.25, -0.2) is 4.79 Å². The summed E-state index contributed by atoms with van der Waals surface area (Å²) in [6, 6.07) is 14.3.